The number of hydrogen-bond donors (Lipinski definition) is 0. The summed E-state index contributed by atoms with van der Waals surface area (Å²) in [5.74, 6) is -0.531. The first-order valence-corrected chi connectivity index (χ1v) is 6.58. The first-order valence-electron chi connectivity index (χ1n) is 5.70. The fourth-order valence-electron chi connectivity index (χ4n) is 1.75. The fraction of sp³-hybridized carbons (Fsp3) is 0. The van der Waals surface area contributed by atoms with Crippen LogP contribution in [-0.2, 0) is 0 Å². The van der Waals surface area contributed by atoms with Crippen LogP contribution in [0.15, 0.2) is 53.9 Å². The molecule has 0 bridgehead atoms. The lowest BCUT2D eigenvalue weighted by Gasteiger charge is -1.97. The normalized spacial score (nSPS) is 10.6. The average Bonchev–Trinajstić information content (AvgIpc) is 2.90. The van der Waals surface area contributed by atoms with Gasteiger partial charge in [-0.1, -0.05) is 0 Å². The molecular formula is C15H9F2NS. The molecule has 0 radical (unpaired) electrons. The van der Waals surface area contributed by atoms with E-state index in [2.05, 4.69) is 4.98 Å². The van der Waals surface area contributed by atoms with Crippen molar-refractivity contribution in [3.8, 4) is 21.8 Å². The van der Waals surface area contributed by atoms with E-state index < -0.39 is 0 Å². The number of benzene rings is 2. The van der Waals surface area contributed by atoms with E-state index in [1.807, 2.05) is 5.38 Å². The van der Waals surface area contributed by atoms with Crippen LogP contribution in [0.5, 0.6) is 0 Å². The zero-order valence-corrected chi connectivity index (χ0v) is 10.6. The Hall–Kier alpha value is -2.07. The van der Waals surface area contributed by atoms with Crippen molar-refractivity contribution in [3.63, 3.8) is 0 Å². The average molecular weight is 273 g/mol. The molecular weight excluding hydrogens is 264 g/mol. The second kappa shape index (κ2) is 4.90. The Bertz CT molecular complexity index is 627. The molecule has 0 fully saturated rings. The maximum atomic E-state index is 12.9. The minimum absolute atomic E-state index is 0.265. The van der Waals surface area contributed by atoms with Crippen molar-refractivity contribution >= 4 is 11.3 Å². The van der Waals surface area contributed by atoms with E-state index in [0.29, 0.717) is 0 Å². The summed E-state index contributed by atoms with van der Waals surface area (Å²) in [5, 5.41) is 2.73. The summed E-state index contributed by atoms with van der Waals surface area (Å²) in [6.07, 6.45) is 0. The Labute approximate surface area is 113 Å². The second-order valence-corrected chi connectivity index (χ2v) is 4.91. The predicted octanol–water partition coefficient (Wildman–Crippen LogP) is 4.76. The lowest BCUT2D eigenvalue weighted by Crippen LogP contribution is -1.81. The lowest BCUT2D eigenvalue weighted by molar-refractivity contribution is 0.627. The number of halogens is 2. The Morgan fingerprint density at radius 3 is 1.84 bits per heavy atom. The first-order chi connectivity index (χ1) is 9.22. The fourth-order valence-corrected chi connectivity index (χ4v) is 2.59. The van der Waals surface area contributed by atoms with E-state index in [9.17, 15) is 8.78 Å². The maximum absolute atomic E-state index is 12.9. The smallest absolute Gasteiger partial charge is 0.124 e. The summed E-state index contributed by atoms with van der Waals surface area (Å²) >= 11 is 1.48. The summed E-state index contributed by atoms with van der Waals surface area (Å²) in [4.78, 5) is 4.48. The molecule has 19 heavy (non-hydrogen) atoms. The van der Waals surface area contributed by atoms with Crippen molar-refractivity contribution in [2.75, 3.05) is 0 Å². The van der Waals surface area contributed by atoms with Crippen LogP contribution in [0.2, 0.25) is 0 Å². The summed E-state index contributed by atoms with van der Waals surface area (Å²) in [5.41, 5.74) is 2.54. The molecule has 0 saturated heterocycles. The van der Waals surface area contributed by atoms with E-state index in [1.54, 1.807) is 24.3 Å². The molecule has 1 heterocycles. The van der Waals surface area contributed by atoms with Crippen molar-refractivity contribution in [1.82, 2.24) is 4.98 Å². The number of thiazole rings is 1. The van der Waals surface area contributed by atoms with E-state index in [0.717, 1.165) is 21.8 Å². The van der Waals surface area contributed by atoms with Gasteiger partial charge in [-0.2, -0.15) is 0 Å². The van der Waals surface area contributed by atoms with Crippen LogP contribution in [0.25, 0.3) is 21.8 Å². The van der Waals surface area contributed by atoms with Gasteiger partial charge >= 0.3 is 0 Å². The standard InChI is InChI=1S/C15H9F2NS/c16-12-5-1-10(2-6-12)14-9-19-15(18-14)11-3-7-13(17)8-4-11/h1-9H. The third kappa shape index (κ3) is 2.53. The van der Waals surface area contributed by atoms with Gasteiger partial charge in [-0.05, 0) is 48.5 Å². The third-order valence-corrected chi connectivity index (χ3v) is 3.63. The van der Waals surface area contributed by atoms with Crippen molar-refractivity contribution in [2.45, 2.75) is 0 Å². The summed E-state index contributed by atoms with van der Waals surface area (Å²) in [6.45, 7) is 0. The van der Waals surface area contributed by atoms with Crippen LogP contribution in [-0.4, -0.2) is 4.98 Å². The van der Waals surface area contributed by atoms with Gasteiger partial charge in [0.1, 0.15) is 16.6 Å². The van der Waals surface area contributed by atoms with Crippen LogP contribution in [0.1, 0.15) is 0 Å². The van der Waals surface area contributed by atoms with Gasteiger partial charge in [0.15, 0.2) is 0 Å². The lowest BCUT2D eigenvalue weighted by atomic mass is 10.2. The zero-order chi connectivity index (χ0) is 13.2. The van der Waals surface area contributed by atoms with Gasteiger partial charge in [0.2, 0.25) is 0 Å². The molecule has 0 N–H and O–H groups in total. The Balaban J connectivity index is 1.95. The third-order valence-electron chi connectivity index (χ3n) is 2.74. The van der Waals surface area contributed by atoms with Gasteiger partial charge in [-0.25, -0.2) is 13.8 Å². The van der Waals surface area contributed by atoms with Gasteiger partial charge < -0.3 is 0 Å². The van der Waals surface area contributed by atoms with Crippen molar-refractivity contribution in [1.29, 1.82) is 0 Å². The molecule has 2 aromatic carbocycles. The monoisotopic (exact) mass is 273 g/mol. The van der Waals surface area contributed by atoms with E-state index in [-0.39, 0.29) is 11.6 Å². The van der Waals surface area contributed by atoms with E-state index in [1.165, 1.54) is 35.6 Å². The Kier molecular flexibility index (Phi) is 3.09. The minimum Gasteiger partial charge on any atom is -0.236 e. The van der Waals surface area contributed by atoms with Crippen LogP contribution < -0.4 is 0 Å². The highest BCUT2D eigenvalue weighted by Gasteiger charge is 2.06. The molecule has 94 valence electrons. The molecule has 0 atom stereocenters. The molecule has 3 rings (SSSR count). The number of rotatable bonds is 2. The topological polar surface area (TPSA) is 12.9 Å². The SMILES string of the molecule is Fc1ccc(-c2csc(-c3ccc(F)cc3)n2)cc1. The van der Waals surface area contributed by atoms with E-state index >= 15 is 0 Å². The molecule has 0 aliphatic heterocycles. The largest absolute Gasteiger partial charge is 0.236 e. The van der Waals surface area contributed by atoms with Crippen molar-refractivity contribution in [2.24, 2.45) is 0 Å². The van der Waals surface area contributed by atoms with Crippen molar-refractivity contribution in [3.05, 3.63) is 65.5 Å². The predicted molar refractivity (Wildman–Crippen MR) is 72.9 cm³/mol. The number of hydrogen-bond acceptors (Lipinski definition) is 2. The maximum Gasteiger partial charge on any atom is 0.124 e. The van der Waals surface area contributed by atoms with Crippen molar-refractivity contribution < 1.29 is 8.78 Å². The van der Waals surface area contributed by atoms with Crippen LogP contribution in [0, 0.1) is 11.6 Å². The Morgan fingerprint density at radius 2 is 1.26 bits per heavy atom. The molecule has 0 aliphatic rings. The van der Waals surface area contributed by atoms with Gasteiger partial charge in [0.05, 0.1) is 5.69 Å². The van der Waals surface area contributed by atoms with Crippen LogP contribution in [0.4, 0.5) is 8.78 Å². The number of nitrogens with zero attached hydrogens (tertiary/aromatic N) is 1. The van der Waals surface area contributed by atoms with E-state index in [4.69, 9.17) is 0 Å². The van der Waals surface area contributed by atoms with Gasteiger partial charge in [0.25, 0.3) is 0 Å². The van der Waals surface area contributed by atoms with Gasteiger partial charge in [-0.15, -0.1) is 11.3 Å². The molecule has 1 aromatic heterocycles. The summed E-state index contributed by atoms with van der Waals surface area (Å²) in [6, 6.07) is 12.4. The van der Waals surface area contributed by atoms with Gasteiger partial charge in [0, 0.05) is 16.5 Å². The second-order valence-electron chi connectivity index (χ2n) is 4.05. The molecule has 0 saturated carbocycles. The highest BCUT2D eigenvalue weighted by atomic mass is 32.1. The van der Waals surface area contributed by atoms with Crippen LogP contribution >= 0.6 is 11.3 Å². The molecule has 0 amide bonds. The highest BCUT2D eigenvalue weighted by Crippen LogP contribution is 2.28. The number of aromatic nitrogens is 1. The van der Waals surface area contributed by atoms with Gasteiger partial charge in [-0.3, -0.25) is 0 Å². The summed E-state index contributed by atoms with van der Waals surface area (Å²) in [7, 11) is 0. The van der Waals surface area contributed by atoms with Crippen LogP contribution in [0.3, 0.4) is 0 Å². The first kappa shape index (κ1) is 12.0. The highest BCUT2D eigenvalue weighted by molar-refractivity contribution is 7.13. The minimum atomic E-state index is -0.266. The molecule has 0 aliphatic carbocycles. The zero-order valence-electron chi connectivity index (χ0n) is 9.81. The molecule has 0 spiro atoms. The summed E-state index contributed by atoms with van der Waals surface area (Å²) < 4.78 is 25.7. The molecule has 1 nitrogen and oxygen atoms in total. The molecule has 3 aromatic rings. The quantitative estimate of drug-likeness (QED) is 0.656. The Morgan fingerprint density at radius 1 is 0.737 bits per heavy atom. The molecule has 0 unspecified atom stereocenters. The molecule has 4 heteroatoms.